The summed E-state index contributed by atoms with van der Waals surface area (Å²) < 4.78 is 29.0. The summed E-state index contributed by atoms with van der Waals surface area (Å²) in [4.78, 5) is 4.55. The number of hydrogen-bond donors (Lipinski definition) is 2. The van der Waals surface area contributed by atoms with Crippen molar-refractivity contribution in [2.75, 3.05) is 7.05 Å². The van der Waals surface area contributed by atoms with E-state index in [0.29, 0.717) is 12.2 Å². The van der Waals surface area contributed by atoms with Crippen LogP contribution in [0.5, 0.6) is 0 Å². The van der Waals surface area contributed by atoms with Crippen LogP contribution in [0.2, 0.25) is 0 Å². The standard InChI is InChI=1S/C14H20N4O2S/c1-11-5-4-6-12(17-11)8-16-21(19,20)14-7-13(9-15-2)18(3)10-14/h4-7,10,15-16H,8-9H2,1-3H3. The number of rotatable bonds is 6. The highest BCUT2D eigenvalue weighted by Crippen LogP contribution is 2.13. The molecule has 0 saturated carbocycles. The van der Waals surface area contributed by atoms with E-state index in [1.165, 1.54) is 0 Å². The highest BCUT2D eigenvalue weighted by atomic mass is 32.2. The molecule has 0 radical (unpaired) electrons. The van der Waals surface area contributed by atoms with E-state index in [2.05, 4.69) is 15.0 Å². The molecule has 2 aromatic heterocycles. The first-order valence-electron chi connectivity index (χ1n) is 6.64. The monoisotopic (exact) mass is 308 g/mol. The van der Waals surface area contributed by atoms with E-state index in [-0.39, 0.29) is 11.4 Å². The Morgan fingerprint density at radius 1 is 1.29 bits per heavy atom. The number of sulfonamides is 1. The van der Waals surface area contributed by atoms with Gasteiger partial charge in [0.05, 0.1) is 17.1 Å². The molecule has 2 rings (SSSR count). The highest BCUT2D eigenvalue weighted by molar-refractivity contribution is 7.89. The van der Waals surface area contributed by atoms with Crippen molar-refractivity contribution in [3.63, 3.8) is 0 Å². The molecule has 0 unspecified atom stereocenters. The molecule has 0 amide bonds. The molecule has 2 N–H and O–H groups in total. The lowest BCUT2D eigenvalue weighted by molar-refractivity contribution is 0.580. The van der Waals surface area contributed by atoms with Crippen molar-refractivity contribution < 1.29 is 8.42 Å². The lowest BCUT2D eigenvalue weighted by atomic mass is 10.3. The van der Waals surface area contributed by atoms with Crippen LogP contribution in [0, 0.1) is 6.92 Å². The topological polar surface area (TPSA) is 76.0 Å². The van der Waals surface area contributed by atoms with Gasteiger partial charge in [0, 0.05) is 31.2 Å². The van der Waals surface area contributed by atoms with Gasteiger partial charge >= 0.3 is 0 Å². The van der Waals surface area contributed by atoms with Gasteiger partial charge in [0.1, 0.15) is 0 Å². The lowest BCUT2D eigenvalue weighted by Gasteiger charge is -2.05. The summed E-state index contributed by atoms with van der Waals surface area (Å²) in [5, 5.41) is 3.01. The molecular weight excluding hydrogens is 288 g/mol. The predicted molar refractivity (Wildman–Crippen MR) is 81.2 cm³/mol. The Labute approximate surface area is 125 Å². The maximum absolute atomic E-state index is 12.3. The van der Waals surface area contributed by atoms with Crippen LogP contribution >= 0.6 is 0 Å². The SMILES string of the molecule is CNCc1cc(S(=O)(=O)NCc2cccc(C)n2)cn1C. The van der Waals surface area contributed by atoms with Gasteiger partial charge in [0.15, 0.2) is 0 Å². The third-order valence-corrected chi connectivity index (χ3v) is 4.51. The van der Waals surface area contributed by atoms with Crippen molar-refractivity contribution >= 4 is 10.0 Å². The second-order valence-electron chi connectivity index (χ2n) is 4.90. The first-order valence-corrected chi connectivity index (χ1v) is 8.13. The third-order valence-electron chi connectivity index (χ3n) is 3.14. The Bertz CT molecular complexity index is 722. The minimum atomic E-state index is -3.53. The molecule has 2 heterocycles. The predicted octanol–water partition coefficient (Wildman–Crippen LogP) is 0.926. The summed E-state index contributed by atoms with van der Waals surface area (Å²) in [5.74, 6) is 0. The summed E-state index contributed by atoms with van der Waals surface area (Å²) in [6.45, 7) is 2.67. The van der Waals surface area contributed by atoms with Crippen molar-refractivity contribution in [2.45, 2.75) is 24.9 Å². The molecule has 2 aromatic rings. The van der Waals surface area contributed by atoms with E-state index in [4.69, 9.17) is 0 Å². The number of hydrogen-bond acceptors (Lipinski definition) is 4. The fourth-order valence-electron chi connectivity index (χ4n) is 2.03. The molecule has 0 fully saturated rings. The van der Waals surface area contributed by atoms with Crippen LogP contribution in [0.25, 0.3) is 0 Å². The second-order valence-corrected chi connectivity index (χ2v) is 6.67. The van der Waals surface area contributed by atoms with Crippen LogP contribution < -0.4 is 10.0 Å². The molecule has 0 spiro atoms. The van der Waals surface area contributed by atoms with Gasteiger partial charge < -0.3 is 9.88 Å². The third kappa shape index (κ3) is 3.90. The molecule has 0 atom stereocenters. The van der Waals surface area contributed by atoms with Gasteiger partial charge in [-0.2, -0.15) is 0 Å². The minimum Gasteiger partial charge on any atom is -0.352 e. The molecule has 21 heavy (non-hydrogen) atoms. The van der Waals surface area contributed by atoms with Crippen LogP contribution in [0.1, 0.15) is 17.1 Å². The van der Waals surface area contributed by atoms with Gasteiger partial charge in [-0.1, -0.05) is 6.07 Å². The van der Waals surface area contributed by atoms with Crippen molar-refractivity contribution in [3.8, 4) is 0 Å². The molecule has 0 aliphatic rings. The lowest BCUT2D eigenvalue weighted by Crippen LogP contribution is -2.23. The second kappa shape index (κ2) is 6.38. The van der Waals surface area contributed by atoms with E-state index in [9.17, 15) is 8.42 Å². The number of pyridine rings is 1. The fourth-order valence-corrected chi connectivity index (χ4v) is 3.12. The Morgan fingerprint density at radius 2 is 2.05 bits per heavy atom. The molecule has 6 nitrogen and oxygen atoms in total. The van der Waals surface area contributed by atoms with Gasteiger partial charge in [-0.05, 0) is 32.2 Å². The molecule has 114 valence electrons. The molecule has 0 aromatic carbocycles. The van der Waals surface area contributed by atoms with E-state index < -0.39 is 10.0 Å². The van der Waals surface area contributed by atoms with Gasteiger partial charge in [0.25, 0.3) is 0 Å². The zero-order valence-electron chi connectivity index (χ0n) is 12.4. The fraction of sp³-hybridized carbons (Fsp3) is 0.357. The van der Waals surface area contributed by atoms with Crippen LogP contribution in [-0.2, 0) is 30.2 Å². The smallest absolute Gasteiger partial charge is 0.242 e. The number of nitrogens with one attached hydrogen (secondary N) is 2. The first kappa shape index (κ1) is 15.7. The zero-order chi connectivity index (χ0) is 15.5. The maximum atomic E-state index is 12.3. The van der Waals surface area contributed by atoms with Gasteiger partial charge in [-0.3, -0.25) is 4.98 Å². The highest BCUT2D eigenvalue weighted by Gasteiger charge is 2.17. The normalized spacial score (nSPS) is 11.8. The molecule has 0 aliphatic heterocycles. The molecular formula is C14H20N4O2S. The van der Waals surface area contributed by atoms with Gasteiger partial charge in [-0.25, -0.2) is 13.1 Å². The maximum Gasteiger partial charge on any atom is 0.242 e. The van der Waals surface area contributed by atoms with Crippen molar-refractivity contribution in [1.29, 1.82) is 0 Å². The largest absolute Gasteiger partial charge is 0.352 e. The van der Waals surface area contributed by atoms with Crippen LogP contribution in [0.3, 0.4) is 0 Å². The Hall–Kier alpha value is -1.70. The Morgan fingerprint density at radius 3 is 2.71 bits per heavy atom. The van der Waals surface area contributed by atoms with E-state index in [1.54, 1.807) is 22.9 Å². The van der Waals surface area contributed by atoms with E-state index >= 15 is 0 Å². The van der Waals surface area contributed by atoms with E-state index in [1.807, 2.05) is 33.2 Å². The van der Waals surface area contributed by atoms with Crippen molar-refractivity contribution in [2.24, 2.45) is 7.05 Å². The Kier molecular flexibility index (Phi) is 4.76. The molecule has 0 saturated heterocycles. The van der Waals surface area contributed by atoms with Crippen LogP contribution in [0.15, 0.2) is 35.4 Å². The van der Waals surface area contributed by atoms with Gasteiger partial charge in [-0.15, -0.1) is 0 Å². The summed E-state index contributed by atoms with van der Waals surface area (Å²) in [6.07, 6.45) is 1.61. The van der Waals surface area contributed by atoms with Crippen LogP contribution in [-0.4, -0.2) is 25.0 Å². The van der Waals surface area contributed by atoms with Crippen molar-refractivity contribution in [1.82, 2.24) is 19.6 Å². The number of nitrogens with zero attached hydrogens (tertiary/aromatic N) is 2. The molecule has 0 bridgehead atoms. The average molecular weight is 308 g/mol. The first-order chi connectivity index (χ1) is 9.92. The number of aryl methyl sites for hydroxylation is 2. The summed E-state index contributed by atoms with van der Waals surface area (Å²) in [6, 6.07) is 7.20. The average Bonchev–Trinajstić information content (AvgIpc) is 2.80. The van der Waals surface area contributed by atoms with E-state index in [0.717, 1.165) is 11.4 Å². The minimum absolute atomic E-state index is 0.181. The van der Waals surface area contributed by atoms with Crippen molar-refractivity contribution in [3.05, 3.63) is 47.5 Å². The number of aromatic nitrogens is 2. The molecule has 7 heteroatoms. The molecule has 0 aliphatic carbocycles. The zero-order valence-corrected chi connectivity index (χ0v) is 13.2. The summed E-state index contributed by atoms with van der Waals surface area (Å²) in [7, 11) is 0.120. The summed E-state index contributed by atoms with van der Waals surface area (Å²) >= 11 is 0. The van der Waals surface area contributed by atoms with Gasteiger partial charge in [0.2, 0.25) is 10.0 Å². The van der Waals surface area contributed by atoms with Crippen LogP contribution in [0.4, 0.5) is 0 Å². The quantitative estimate of drug-likeness (QED) is 0.832. The summed E-state index contributed by atoms with van der Waals surface area (Å²) in [5.41, 5.74) is 2.47. The Balaban J connectivity index is 2.13.